The Hall–Kier alpha value is -1.39. The van der Waals surface area contributed by atoms with E-state index >= 15 is 0 Å². The highest BCUT2D eigenvalue weighted by molar-refractivity contribution is 7.12. The fourth-order valence-electron chi connectivity index (χ4n) is 2.09. The summed E-state index contributed by atoms with van der Waals surface area (Å²) >= 11 is 8.02. The molecule has 1 aromatic carbocycles. The summed E-state index contributed by atoms with van der Waals surface area (Å²) in [5, 5.41) is 4.02. The lowest BCUT2D eigenvalue weighted by Gasteiger charge is -2.18. The Morgan fingerprint density at radius 3 is 2.48 bits per heavy atom. The molecule has 1 aromatic heterocycles. The highest BCUT2D eigenvalue weighted by Gasteiger charge is 2.14. The highest BCUT2D eigenvalue weighted by Crippen LogP contribution is 2.38. The quantitative estimate of drug-likeness (QED) is 0.796. The molecule has 0 aliphatic carbocycles. The van der Waals surface area contributed by atoms with Gasteiger partial charge in [-0.3, -0.25) is 0 Å². The Bertz CT molecular complexity index is 612. The van der Waals surface area contributed by atoms with Gasteiger partial charge in [-0.25, -0.2) is 0 Å². The molecule has 114 valence electrons. The lowest BCUT2D eigenvalue weighted by atomic mass is 10.2. The number of nitrogens with one attached hydrogen (secondary N) is 1. The average Bonchev–Trinajstić information content (AvgIpc) is 2.96. The number of ether oxygens (including phenoxy) is 2. The van der Waals surface area contributed by atoms with Crippen molar-refractivity contribution in [2.24, 2.45) is 0 Å². The second-order valence-corrected chi connectivity index (χ2v) is 6.32. The molecule has 1 unspecified atom stereocenters. The topological polar surface area (TPSA) is 30.5 Å². The number of methoxy groups -OCH3 is 2. The number of anilines is 1. The molecule has 0 spiro atoms. The molecule has 0 saturated carbocycles. The number of halogens is 1. The van der Waals surface area contributed by atoms with Crippen LogP contribution in [0.4, 0.5) is 5.69 Å². The van der Waals surface area contributed by atoms with E-state index in [4.69, 9.17) is 21.1 Å². The van der Waals surface area contributed by atoms with Gasteiger partial charge in [-0.05, 0) is 31.5 Å². The zero-order chi connectivity index (χ0) is 15.4. The van der Waals surface area contributed by atoms with Crippen molar-refractivity contribution in [1.29, 1.82) is 0 Å². The van der Waals surface area contributed by atoms with E-state index in [1.54, 1.807) is 20.3 Å². The molecule has 3 nitrogen and oxygen atoms in total. The molecule has 5 heteroatoms. The Kier molecular flexibility index (Phi) is 5.37. The van der Waals surface area contributed by atoms with Crippen LogP contribution in [0, 0.1) is 0 Å². The van der Waals surface area contributed by atoms with Crippen molar-refractivity contribution < 1.29 is 9.47 Å². The molecule has 0 radical (unpaired) electrons. The van der Waals surface area contributed by atoms with Crippen LogP contribution in [0.5, 0.6) is 11.5 Å². The number of thiophene rings is 1. The third kappa shape index (κ3) is 3.63. The van der Waals surface area contributed by atoms with Crippen LogP contribution in [0.15, 0.2) is 24.3 Å². The van der Waals surface area contributed by atoms with Gasteiger partial charge in [0.1, 0.15) is 11.5 Å². The van der Waals surface area contributed by atoms with Gasteiger partial charge in [-0.15, -0.1) is 11.3 Å². The van der Waals surface area contributed by atoms with Crippen molar-refractivity contribution in [3.63, 3.8) is 0 Å². The van der Waals surface area contributed by atoms with Crippen LogP contribution in [-0.2, 0) is 6.42 Å². The summed E-state index contributed by atoms with van der Waals surface area (Å²) in [5.41, 5.74) is 0.863. The van der Waals surface area contributed by atoms with Crippen LogP contribution in [0.2, 0.25) is 5.02 Å². The maximum absolute atomic E-state index is 6.20. The predicted molar refractivity (Wildman–Crippen MR) is 90.3 cm³/mol. The van der Waals surface area contributed by atoms with E-state index < -0.39 is 0 Å². The van der Waals surface area contributed by atoms with E-state index in [9.17, 15) is 0 Å². The molecule has 0 amide bonds. The standard InChI is InChI=1S/C16H20ClNO2S/c1-5-11-6-7-16(21-11)10(2)18-13-8-12(17)14(19-3)9-15(13)20-4/h6-10,18H,5H2,1-4H3. The summed E-state index contributed by atoms with van der Waals surface area (Å²) in [6.45, 7) is 4.29. The lowest BCUT2D eigenvalue weighted by Crippen LogP contribution is -2.06. The van der Waals surface area contributed by atoms with Gasteiger partial charge in [0.2, 0.25) is 0 Å². The van der Waals surface area contributed by atoms with E-state index in [1.165, 1.54) is 9.75 Å². The Balaban J connectivity index is 2.23. The fraction of sp³-hybridized carbons (Fsp3) is 0.375. The van der Waals surface area contributed by atoms with Crippen molar-refractivity contribution in [2.75, 3.05) is 19.5 Å². The molecule has 2 rings (SSSR count). The number of hydrogen-bond donors (Lipinski definition) is 1. The molecule has 21 heavy (non-hydrogen) atoms. The maximum atomic E-state index is 6.20. The van der Waals surface area contributed by atoms with Crippen LogP contribution < -0.4 is 14.8 Å². The van der Waals surface area contributed by atoms with Gasteiger partial charge in [-0.1, -0.05) is 18.5 Å². The van der Waals surface area contributed by atoms with Gasteiger partial charge in [0.15, 0.2) is 0 Å². The molecule has 1 atom stereocenters. The first kappa shape index (κ1) is 16.0. The molecule has 0 saturated heterocycles. The first-order valence-corrected chi connectivity index (χ1v) is 8.05. The van der Waals surface area contributed by atoms with E-state index in [0.717, 1.165) is 17.9 Å². The zero-order valence-corrected chi connectivity index (χ0v) is 14.3. The molecule has 0 bridgehead atoms. The fourth-order valence-corrected chi connectivity index (χ4v) is 3.29. The molecular weight excluding hydrogens is 306 g/mol. The molecule has 1 N–H and O–H groups in total. The predicted octanol–water partition coefficient (Wildman–Crippen LogP) is 5.15. The van der Waals surface area contributed by atoms with E-state index in [0.29, 0.717) is 10.8 Å². The Labute approximate surface area is 134 Å². The monoisotopic (exact) mass is 325 g/mol. The van der Waals surface area contributed by atoms with Crippen LogP contribution in [-0.4, -0.2) is 14.2 Å². The van der Waals surface area contributed by atoms with Crippen molar-refractivity contribution in [1.82, 2.24) is 0 Å². The number of aryl methyl sites for hydroxylation is 1. The molecule has 1 heterocycles. The van der Waals surface area contributed by atoms with Gasteiger partial charge in [0.25, 0.3) is 0 Å². The summed E-state index contributed by atoms with van der Waals surface area (Å²) in [7, 11) is 3.23. The summed E-state index contributed by atoms with van der Waals surface area (Å²) in [4.78, 5) is 2.68. The second-order valence-electron chi connectivity index (χ2n) is 4.71. The Morgan fingerprint density at radius 2 is 1.90 bits per heavy atom. The third-order valence-electron chi connectivity index (χ3n) is 3.30. The van der Waals surface area contributed by atoms with Gasteiger partial charge >= 0.3 is 0 Å². The minimum atomic E-state index is 0.189. The summed E-state index contributed by atoms with van der Waals surface area (Å²) in [6.07, 6.45) is 1.06. The van der Waals surface area contributed by atoms with Crippen LogP contribution in [0.3, 0.4) is 0 Å². The summed E-state index contributed by atoms with van der Waals surface area (Å²) in [5.74, 6) is 1.33. The van der Waals surface area contributed by atoms with Crippen molar-refractivity contribution in [2.45, 2.75) is 26.3 Å². The third-order valence-corrected chi connectivity index (χ3v) is 5.01. The van der Waals surface area contributed by atoms with Gasteiger partial charge in [0, 0.05) is 15.8 Å². The van der Waals surface area contributed by atoms with E-state index in [1.807, 2.05) is 17.4 Å². The second kappa shape index (κ2) is 7.05. The minimum absolute atomic E-state index is 0.189. The SMILES string of the molecule is CCc1ccc(C(C)Nc2cc(Cl)c(OC)cc2OC)s1. The van der Waals surface area contributed by atoms with Gasteiger partial charge in [-0.2, -0.15) is 0 Å². The number of benzene rings is 1. The maximum Gasteiger partial charge on any atom is 0.145 e. The van der Waals surface area contributed by atoms with Gasteiger partial charge < -0.3 is 14.8 Å². The van der Waals surface area contributed by atoms with E-state index in [2.05, 4.69) is 31.3 Å². The first-order chi connectivity index (χ1) is 10.1. The minimum Gasteiger partial charge on any atom is -0.495 e. The smallest absolute Gasteiger partial charge is 0.145 e. The number of rotatable bonds is 6. The highest BCUT2D eigenvalue weighted by atomic mass is 35.5. The summed E-state index contributed by atoms with van der Waals surface area (Å²) < 4.78 is 10.6. The molecule has 0 aliphatic heterocycles. The first-order valence-electron chi connectivity index (χ1n) is 6.85. The van der Waals surface area contributed by atoms with Crippen molar-refractivity contribution in [3.05, 3.63) is 39.0 Å². The molecule has 0 aliphatic rings. The molecular formula is C16H20ClNO2S. The largest absolute Gasteiger partial charge is 0.495 e. The molecule has 0 fully saturated rings. The Morgan fingerprint density at radius 1 is 1.19 bits per heavy atom. The zero-order valence-electron chi connectivity index (χ0n) is 12.7. The van der Waals surface area contributed by atoms with E-state index in [-0.39, 0.29) is 6.04 Å². The van der Waals surface area contributed by atoms with Crippen LogP contribution >= 0.6 is 22.9 Å². The lowest BCUT2D eigenvalue weighted by molar-refractivity contribution is 0.395. The summed E-state index contributed by atoms with van der Waals surface area (Å²) in [6, 6.07) is 8.16. The van der Waals surface area contributed by atoms with Crippen LogP contribution in [0.25, 0.3) is 0 Å². The van der Waals surface area contributed by atoms with Crippen LogP contribution in [0.1, 0.15) is 29.6 Å². The normalized spacial score (nSPS) is 12.0. The van der Waals surface area contributed by atoms with Gasteiger partial charge in [0.05, 0.1) is 31.0 Å². The van der Waals surface area contributed by atoms with Crippen molar-refractivity contribution >= 4 is 28.6 Å². The van der Waals surface area contributed by atoms with Crippen molar-refractivity contribution in [3.8, 4) is 11.5 Å². The average molecular weight is 326 g/mol. The molecule has 2 aromatic rings. The number of hydrogen-bond acceptors (Lipinski definition) is 4.